The minimum atomic E-state index is -0.234. The molecular formula is C19H24FN3O. The Morgan fingerprint density at radius 2 is 2.04 bits per heavy atom. The zero-order chi connectivity index (χ0) is 17.1. The summed E-state index contributed by atoms with van der Waals surface area (Å²) in [4.78, 5) is 18.9. The molecule has 2 aromatic rings. The normalized spacial score (nSPS) is 14.2. The van der Waals surface area contributed by atoms with Crippen LogP contribution in [0.1, 0.15) is 38.1 Å². The van der Waals surface area contributed by atoms with Gasteiger partial charge in [-0.2, -0.15) is 0 Å². The molecule has 0 unspecified atom stereocenters. The molecular weight excluding hydrogens is 305 g/mol. The fourth-order valence-electron chi connectivity index (χ4n) is 2.85. The molecule has 24 heavy (non-hydrogen) atoms. The maximum atomic E-state index is 13.0. The lowest BCUT2D eigenvalue weighted by Crippen LogP contribution is -2.35. The zero-order valence-electron chi connectivity index (χ0n) is 14.3. The number of carbonyl (C=O) groups is 1. The highest BCUT2D eigenvalue weighted by Crippen LogP contribution is 2.31. The number of aromatic nitrogens is 2. The van der Waals surface area contributed by atoms with Crippen LogP contribution in [0.15, 0.2) is 36.7 Å². The van der Waals surface area contributed by atoms with Crippen molar-refractivity contribution in [1.82, 2.24) is 14.5 Å². The van der Waals surface area contributed by atoms with Gasteiger partial charge < -0.3 is 9.47 Å². The summed E-state index contributed by atoms with van der Waals surface area (Å²) in [5.41, 5.74) is 1.01. The number of carbonyl (C=O) groups excluding carboxylic acids is 1. The molecule has 1 aliphatic carbocycles. The number of rotatable bonds is 7. The van der Waals surface area contributed by atoms with Crippen LogP contribution in [0.5, 0.6) is 0 Å². The van der Waals surface area contributed by atoms with Crippen LogP contribution in [-0.2, 0) is 17.9 Å². The molecule has 0 N–H and O–H groups in total. The van der Waals surface area contributed by atoms with Crippen molar-refractivity contribution in [1.29, 1.82) is 0 Å². The van der Waals surface area contributed by atoms with Crippen LogP contribution >= 0.6 is 0 Å². The molecule has 5 heteroatoms. The summed E-state index contributed by atoms with van der Waals surface area (Å²) in [6, 6.07) is 6.49. The molecule has 0 radical (unpaired) electrons. The summed E-state index contributed by atoms with van der Waals surface area (Å²) >= 11 is 0. The average molecular weight is 329 g/mol. The second-order valence-corrected chi connectivity index (χ2v) is 6.98. The largest absolute Gasteiger partial charge is 0.335 e. The molecule has 0 saturated heterocycles. The molecule has 0 bridgehead atoms. The highest BCUT2D eigenvalue weighted by atomic mass is 19.1. The number of amides is 1. The molecule has 1 aromatic heterocycles. The minimum Gasteiger partial charge on any atom is -0.335 e. The molecule has 0 aliphatic heterocycles. The van der Waals surface area contributed by atoms with Crippen LogP contribution in [0.3, 0.4) is 0 Å². The van der Waals surface area contributed by atoms with E-state index in [1.807, 2.05) is 15.7 Å². The smallest absolute Gasteiger partial charge is 0.226 e. The lowest BCUT2D eigenvalue weighted by atomic mass is 10.2. The third-order valence-corrected chi connectivity index (χ3v) is 4.22. The maximum Gasteiger partial charge on any atom is 0.226 e. The minimum absolute atomic E-state index is 0.212. The lowest BCUT2D eigenvalue weighted by molar-refractivity contribution is -0.133. The number of hydrogen-bond donors (Lipinski definition) is 0. The van der Waals surface area contributed by atoms with Gasteiger partial charge >= 0.3 is 0 Å². The van der Waals surface area contributed by atoms with Crippen molar-refractivity contribution < 1.29 is 9.18 Å². The van der Waals surface area contributed by atoms with Gasteiger partial charge in [-0.3, -0.25) is 4.79 Å². The van der Waals surface area contributed by atoms with Gasteiger partial charge in [0.1, 0.15) is 11.6 Å². The predicted molar refractivity (Wildman–Crippen MR) is 90.7 cm³/mol. The van der Waals surface area contributed by atoms with Gasteiger partial charge in [-0.1, -0.05) is 26.0 Å². The van der Waals surface area contributed by atoms with E-state index in [1.165, 1.54) is 12.1 Å². The highest BCUT2D eigenvalue weighted by molar-refractivity contribution is 5.81. The number of halogens is 1. The quantitative estimate of drug-likeness (QED) is 0.780. The number of nitrogens with zero attached hydrogens (tertiary/aromatic N) is 3. The van der Waals surface area contributed by atoms with E-state index >= 15 is 0 Å². The Hall–Kier alpha value is -2.17. The summed E-state index contributed by atoms with van der Waals surface area (Å²) in [6.45, 7) is 6.15. The van der Waals surface area contributed by atoms with Crippen LogP contribution in [0.4, 0.5) is 4.39 Å². The Balaban J connectivity index is 1.72. The molecule has 0 spiro atoms. The van der Waals surface area contributed by atoms with Gasteiger partial charge in [0, 0.05) is 31.4 Å². The van der Waals surface area contributed by atoms with Gasteiger partial charge in [-0.15, -0.1) is 0 Å². The second-order valence-electron chi connectivity index (χ2n) is 6.98. The predicted octanol–water partition coefficient (Wildman–Crippen LogP) is 3.47. The SMILES string of the molecule is CC(C)CN(Cc1nccn1Cc1ccc(F)cc1)C(=O)C1CC1. The van der Waals surface area contributed by atoms with E-state index in [1.54, 1.807) is 18.3 Å². The Kier molecular flexibility index (Phi) is 4.97. The van der Waals surface area contributed by atoms with E-state index in [2.05, 4.69) is 18.8 Å². The molecule has 128 valence electrons. The first-order valence-corrected chi connectivity index (χ1v) is 8.56. The van der Waals surface area contributed by atoms with E-state index in [-0.39, 0.29) is 17.6 Å². The number of hydrogen-bond acceptors (Lipinski definition) is 2. The van der Waals surface area contributed by atoms with Crippen molar-refractivity contribution in [3.63, 3.8) is 0 Å². The third kappa shape index (κ3) is 4.22. The van der Waals surface area contributed by atoms with Crippen molar-refractivity contribution in [2.45, 2.75) is 39.8 Å². The van der Waals surface area contributed by atoms with E-state index in [0.717, 1.165) is 30.8 Å². The topological polar surface area (TPSA) is 38.1 Å². The first kappa shape index (κ1) is 16.7. The van der Waals surface area contributed by atoms with E-state index in [0.29, 0.717) is 19.0 Å². The Morgan fingerprint density at radius 3 is 2.67 bits per heavy atom. The molecule has 4 nitrogen and oxygen atoms in total. The number of benzene rings is 1. The Morgan fingerprint density at radius 1 is 1.33 bits per heavy atom. The monoisotopic (exact) mass is 329 g/mol. The molecule has 1 saturated carbocycles. The van der Waals surface area contributed by atoms with Gasteiger partial charge in [0.15, 0.2) is 0 Å². The van der Waals surface area contributed by atoms with Gasteiger partial charge in [-0.05, 0) is 36.5 Å². The fraction of sp³-hybridized carbons (Fsp3) is 0.474. The average Bonchev–Trinajstić information content (AvgIpc) is 3.30. The van der Waals surface area contributed by atoms with Crippen LogP contribution in [0, 0.1) is 17.7 Å². The van der Waals surface area contributed by atoms with E-state index < -0.39 is 0 Å². The van der Waals surface area contributed by atoms with Crippen molar-refractivity contribution >= 4 is 5.91 Å². The summed E-state index contributed by atoms with van der Waals surface area (Å²) < 4.78 is 15.1. The summed E-state index contributed by atoms with van der Waals surface area (Å²) in [6.07, 6.45) is 5.69. The van der Waals surface area contributed by atoms with Gasteiger partial charge in [0.2, 0.25) is 5.91 Å². The molecule has 1 amide bonds. The first-order chi connectivity index (χ1) is 11.5. The Bertz CT molecular complexity index is 689. The molecule has 1 heterocycles. The van der Waals surface area contributed by atoms with Crippen molar-refractivity contribution in [2.24, 2.45) is 11.8 Å². The third-order valence-electron chi connectivity index (χ3n) is 4.22. The summed E-state index contributed by atoms with van der Waals surface area (Å²) in [5.74, 6) is 1.52. The van der Waals surface area contributed by atoms with Crippen LogP contribution in [-0.4, -0.2) is 26.9 Å². The molecule has 1 fully saturated rings. The fourth-order valence-corrected chi connectivity index (χ4v) is 2.85. The second kappa shape index (κ2) is 7.16. The van der Waals surface area contributed by atoms with Crippen molar-refractivity contribution in [3.05, 3.63) is 53.9 Å². The highest BCUT2D eigenvalue weighted by Gasteiger charge is 2.34. The summed E-state index contributed by atoms with van der Waals surface area (Å²) in [7, 11) is 0. The standard InChI is InChI=1S/C19H24FN3O/c1-14(2)11-23(19(24)16-5-6-16)13-18-21-9-10-22(18)12-15-3-7-17(20)8-4-15/h3-4,7-10,14,16H,5-6,11-13H2,1-2H3. The zero-order valence-corrected chi connectivity index (χ0v) is 14.3. The molecule has 0 atom stereocenters. The Labute approximate surface area is 142 Å². The van der Waals surface area contributed by atoms with Crippen LogP contribution in [0.25, 0.3) is 0 Å². The molecule has 1 aromatic carbocycles. The van der Waals surface area contributed by atoms with Gasteiger partial charge in [0.25, 0.3) is 0 Å². The number of imidazole rings is 1. The first-order valence-electron chi connectivity index (χ1n) is 8.56. The lowest BCUT2D eigenvalue weighted by Gasteiger charge is -2.24. The van der Waals surface area contributed by atoms with E-state index in [9.17, 15) is 9.18 Å². The van der Waals surface area contributed by atoms with E-state index in [4.69, 9.17) is 0 Å². The summed E-state index contributed by atoms with van der Waals surface area (Å²) in [5, 5.41) is 0. The molecule has 3 rings (SSSR count). The van der Waals surface area contributed by atoms with Crippen LogP contribution in [0.2, 0.25) is 0 Å². The van der Waals surface area contributed by atoms with Crippen LogP contribution < -0.4 is 0 Å². The maximum absolute atomic E-state index is 13.0. The van der Waals surface area contributed by atoms with Gasteiger partial charge in [-0.25, -0.2) is 9.37 Å². The van der Waals surface area contributed by atoms with Crippen molar-refractivity contribution in [3.8, 4) is 0 Å². The molecule has 1 aliphatic rings. The van der Waals surface area contributed by atoms with Crippen molar-refractivity contribution in [2.75, 3.05) is 6.54 Å². The van der Waals surface area contributed by atoms with Gasteiger partial charge in [0.05, 0.1) is 6.54 Å².